The average molecular weight is 485 g/mol. The Balaban J connectivity index is 1.73. The van der Waals surface area contributed by atoms with Crippen LogP contribution in [-0.2, 0) is 10.0 Å². The molecule has 0 spiro atoms. The summed E-state index contributed by atoms with van der Waals surface area (Å²) in [5.74, 6) is -0.324. The highest BCUT2D eigenvalue weighted by Gasteiger charge is 2.25. The Bertz CT molecular complexity index is 908. The molecule has 1 aliphatic heterocycles. The van der Waals surface area contributed by atoms with Crippen LogP contribution in [0, 0.1) is 10.6 Å². The van der Waals surface area contributed by atoms with Gasteiger partial charge in [-0.25, -0.2) is 13.4 Å². The van der Waals surface area contributed by atoms with Gasteiger partial charge in [0, 0.05) is 18.8 Å². The quantitative estimate of drug-likeness (QED) is 0.532. The van der Waals surface area contributed by atoms with Gasteiger partial charge in [-0.3, -0.25) is 4.79 Å². The number of amides is 1. The molecule has 1 saturated heterocycles. The Hall–Kier alpha value is -1.52. The van der Waals surface area contributed by atoms with Crippen LogP contribution in [0.15, 0.2) is 41.3 Å². The van der Waals surface area contributed by atoms with Crippen molar-refractivity contribution in [3.05, 3.63) is 51.4 Å². The highest BCUT2D eigenvalue weighted by Crippen LogP contribution is 2.22. The second-order valence-electron chi connectivity index (χ2n) is 6.25. The van der Waals surface area contributed by atoms with Gasteiger partial charge < -0.3 is 5.32 Å². The number of piperidine rings is 1. The van der Waals surface area contributed by atoms with E-state index >= 15 is 0 Å². The predicted octanol–water partition coefficient (Wildman–Crippen LogP) is 3.42. The first kappa shape index (κ1) is 19.2. The van der Waals surface area contributed by atoms with Gasteiger partial charge in [-0.15, -0.1) is 0 Å². The van der Waals surface area contributed by atoms with E-state index in [2.05, 4.69) is 32.9 Å². The van der Waals surface area contributed by atoms with Crippen LogP contribution in [0.5, 0.6) is 0 Å². The van der Waals surface area contributed by atoms with E-state index in [1.54, 1.807) is 18.2 Å². The third kappa shape index (κ3) is 4.24. The minimum atomic E-state index is -3.46. The van der Waals surface area contributed by atoms with Crippen LogP contribution in [0.1, 0.15) is 35.3 Å². The van der Waals surface area contributed by atoms with E-state index < -0.39 is 10.0 Å². The molecule has 2 heterocycles. The maximum atomic E-state index is 12.6. The van der Waals surface area contributed by atoms with E-state index in [1.807, 2.05) is 13.0 Å². The molecule has 8 heteroatoms. The first-order valence-corrected chi connectivity index (χ1v) is 10.9. The molecular weight excluding hydrogens is 465 g/mol. The second kappa shape index (κ2) is 8.01. The Morgan fingerprint density at radius 3 is 2.35 bits per heavy atom. The molecule has 3 rings (SSSR count). The smallest absolute Gasteiger partial charge is 0.274 e. The van der Waals surface area contributed by atoms with Gasteiger partial charge in [0.1, 0.15) is 9.39 Å². The van der Waals surface area contributed by atoms with Gasteiger partial charge >= 0.3 is 0 Å². The van der Waals surface area contributed by atoms with E-state index in [0.717, 1.165) is 28.5 Å². The first-order chi connectivity index (χ1) is 12.4. The van der Waals surface area contributed by atoms with Crippen LogP contribution < -0.4 is 5.32 Å². The van der Waals surface area contributed by atoms with Crippen LogP contribution >= 0.6 is 22.6 Å². The summed E-state index contributed by atoms with van der Waals surface area (Å²) in [6.45, 7) is 3.06. The van der Waals surface area contributed by atoms with Gasteiger partial charge in [0.05, 0.1) is 4.90 Å². The minimum absolute atomic E-state index is 0.250. The zero-order valence-electron chi connectivity index (χ0n) is 14.4. The molecule has 1 N–H and O–H groups in total. The number of anilines is 1. The van der Waals surface area contributed by atoms with Crippen LogP contribution in [0.2, 0.25) is 0 Å². The Morgan fingerprint density at radius 2 is 1.73 bits per heavy atom. The zero-order valence-corrected chi connectivity index (χ0v) is 17.4. The standard InChI is InChI=1S/C18H20IN3O3S/c1-13-5-10-16(21-17(13)19)18(23)20-14-6-8-15(9-7-14)26(24,25)22-11-3-2-4-12-22/h5-10H,2-4,11-12H2,1H3,(H,20,23). The number of carbonyl (C=O) groups is 1. The van der Waals surface area contributed by atoms with Crippen molar-refractivity contribution >= 4 is 44.2 Å². The summed E-state index contributed by atoms with van der Waals surface area (Å²) in [4.78, 5) is 16.8. The largest absolute Gasteiger partial charge is 0.321 e. The Kier molecular flexibility index (Phi) is 5.93. The maximum Gasteiger partial charge on any atom is 0.274 e. The van der Waals surface area contributed by atoms with Gasteiger partial charge in [-0.1, -0.05) is 12.5 Å². The molecule has 0 radical (unpaired) electrons. The first-order valence-electron chi connectivity index (χ1n) is 8.42. The van der Waals surface area contributed by atoms with Crippen LogP contribution in [-0.4, -0.2) is 36.7 Å². The summed E-state index contributed by atoms with van der Waals surface area (Å²) >= 11 is 2.09. The van der Waals surface area contributed by atoms with Crippen molar-refractivity contribution < 1.29 is 13.2 Å². The fourth-order valence-corrected chi connectivity index (χ4v) is 4.75. The van der Waals surface area contributed by atoms with Crippen molar-refractivity contribution in [1.29, 1.82) is 0 Å². The molecule has 0 atom stereocenters. The van der Waals surface area contributed by atoms with Crippen molar-refractivity contribution in [2.45, 2.75) is 31.1 Å². The molecule has 1 fully saturated rings. The van der Waals surface area contributed by atoms with E-state index in [0.29, 0.717) is 24.5 Å². The number of pyridine rings is 1. The average Bonchev–Trinajstić information content (AvgIpc) is 2.65. The molecular formula is C18H20IN3O3S. The third-order valence-corrected chi connectivity index (χ3v) is 7.34. The van der Waals surface area contributed by atoms with Gasteiger partial charge in [0.2, 0.25) is 10.0 Å². The molecule has 0 bridgehead atoms. The van der Waals surface area contributed by atoms with E-state index in [1.165, 1.54) is 16.4 Å². The fraction of sp³-hybridized carbons (Fsp3) is 0.333. The summed E-state index contributed by atoms with van der Waals surface area (Å²) in [6.07, 6.45) is 2.87. The van der Waals surface area contributed by atoms with Crippen LogP contribution in [0.3, 0.4) is 0 Å². The lowest BCUT2D eigenvalue weighted by Crippen LogP contribution is -2.35. The highest BCUT2D eigenvalue weighted by molar-refractivity contribution is 14.1. The number of sulfonamides is 1. The van der Waals surface area contributed by atoms with E-state index in [9.17, 15) is 13.2 Å². The van der Waals surface area contributed by atoms with Crippen LogP contribution in [0.4, 0.5) is 5.69 Å². The number of halogens is 1. The van der Waals surface area contributed by atoms with Gasteiger partial charge in [-0.05, 0) is 78.3 Å². The van der Waals surface area contributed by atoms with Crippen molar-refractivity contribution in [2.24, 2.45) is 0 Å². The lowest BCUT2D eigenvalue weighted by Gasteiger charge is -2.25. The molecule has 1 aromatic carbocycles. The summed E-state index contributed by atoms with van der Waals surface area (Å²) < 4.78 is 27.6. The van der Waals surface area contributed by atoms with Crippen molar-refractivity contribution in [2.75, 3.05) is 18.4 Å². The lowest BCUT2D eigenvalue weighted by atomic mass is 10.2. The molecule has 2 aromatic rings. The highest BCUT2D eigenvalue weighted by atomic mass is 127. The maximum absolute atomic E-state index is 12.6. The number of aryl methyl sites for hydroxylation is 1. The zero-order chi connectivity index (χ0) is 18.7. The summed E-state index contributed by atoms with van der Waals surface area (Å²) in [5.41, 5.74) is 1.87. The predicted molar refractivity (Wildman–Crippen MR) is 109 cm³/mol. The van der Waals surface area contributed by atoms with Crippen molar-refractivity contribution in [3.63, 3.8) is 0 Å². The molecule has 0 unspecified atom stereocenters. The number of benzene rings is 1. The van der Waals surface area contributed by atoms with Crippen molar-refractivity contribution in [3.8, 4) is 0 Å². The SMILES string of the molecule is Cc1ccc(C(=O)Nc2ccc(S(=O)(=O)N3CCCCC3)cc2)nc1I. The van der Waals surface area contributed by atoms with Gasteiger partial charge in [-0.2, -0.15) is 4.31 Å². The molecule has 1 aromatic heterocycles. The number of hydrogen-bond acceptors (Lipinski definition) is 4. The molecule has 1 aliphatic rings. The molecule has 138 valence electrons. The topological polar surface area (TPSA) is 79.4 Å². The van der Waals surface area contributed by atoms with E-state index in [4.69, 9.17) is 0 Å². The summed E-state index contributed by atoms with van der Waals surface area (Å²) in [5, 5.41) is 2.75. The van der Waals surface area contributed by atoms with Crippen molar-refractivity contribution in [1.82, 2.24) is 9.29 Å². The number of hydrogen-bond donors (Lipinski definition) is 1. The number of aromatic nitrogens is 1. The molecule has 0 saturated carbocycles. The minimum Gasteiger partial charge on any atom is -0.321 e. The Labute approximate surface area is 167 Å². The summed E-state index contributed by atoms with van der Waals surface area (Å²) in [6, 6.07) is 9.79. The Morgan fingerprint density at radius 1 is 1.08 bits per heavy atom. The number of rotatable bonds is 4. The molecule has 6 nitrogen and oxygen atoms in total. The molecule has 26 heavy (non-hydrogen) atoms. The second-order valence-corrected chi connectivity index (χ2v) is 9.21. The third-order valence-electron chi connectivity index (χ3n) is 4.33. The normalized spacial score (nSPS) is 15.6. The fourth-order valence-electron chi connectivity index (χ4n) is 2.79. The summed E-state index contributed by atoms with van der Waals surface area (Å²) in [7, 11) is -3.46. The molecule has 0 aliphatic carbocycles. The lowest BCUT2D eigenvalue weighted by molar-refractivity contribution is 0.102. The number of nitrogens with one attached hydrogen (secondary N) is 1. The van der Waals surface area contributed by atoms with Gasteiger partial charge in [0.15, 0.2) is 0 Å². The van der Waals surface area contributed by atoms with Crippen LogP contribution in [0.25, 0.3) is 0 Å². The van der Waals surface area contributed by atoms with E-state index in [-0.39, 0.29) is 10.8 Å². The monoisotopic (exact) mass is 485 g/mol. The van der Waals surface area contributed by atoms with Gasteiger partial charge in [0.25, 0.3) is 5.91 Å². The molecule has 1 amide bonds. The number of nitrogens with zero attached hydrogens (tertiary/aromatic N) is 2. The number of carbonyl (C=O) groups excluding carboxylic acids is 1.